The second-order valence-corrected chi connectivity index (χ2v) is 6.59. The average Bonchev–Trinajstić information content (AvgIpc) is 2.51. The molecule has 23 heavy (non-hydrogen) atoms. The van der Waals surface area contributed by atoms with Crippen LogP contribution in [-0.4, -0.2) is 36.5 Å². The first kappa shape index (κ1) is 17.6. The van der Waals surface area contributed by atoms with Gasteiger partial charge in [-0.25, -0.2) is 4.79 Å². The molecule has 0 bridgehead atoms. The number of rotatable bonds is 3. The number of hydrogen-bond acceptors (Lipinski definition) is 2. The number of carbonyl (C=O) groups excluding carboxylic acids is 2. The van der Waals surface area contributed by atoms with Crippen LogP contribution in [0.25, 0.3) is 0 Å². The summed E-state index contributed by atoms with van der Waals surface area (Å²) in [6.07, 6.45) is 1.86. The Morgan fingerprint density at radius 1 is 1.22 bits per heavy atom. The van der Waals surface area contributed by atoms with Crippen LogP contribution >= 0.6 is 11.6 Å². The van der Waals surface area contributed by atoms with E-state index in [9.17, 15) is 9.59 Å². The Kier molecular flexibility index (Phi) is 5.88. The third-order valence-electron chi connectivity index (χ3n) is 4.31. The molecule has 0 aromatic heterocycles. The Morgan fingerprint density at radius 3 is 2.30 bits per heavy atom. The van der Waals surface area contributed by atoms with E-state index in [0.717, 1.165) is 47.8 Å². The molecular weight excluding hydrogens is 314 g/mol. The van der Waals surface area contributed by atoms with Crippen molar-refractivity contribution in [2.75, 3.05) is 25.0 Å². The highest BCUT2D eigenvalue weighted by Crippen LogP contribution is 2.24. The molecule has 1 aliphatic rings. The second kappa shape index (κ2) is 7.68. The number of benzene rings is 1. The van der Waals surface area contributed by atoms with Gasteiger partial charge in [0.05, 0.1) is 0 Å². The summed E-state index contributed by atoms with van der Waals surface area (Å²) in [6.45, 7) is 7.62. The van der Waals surface area contributed by atoms with Crippen LogP contribution in [0, 0.1) is 19.8 Å². The standard InChI is InChI=1S/C17H24ClN3O2/c1-11-8-15(9-12(2)16(11)18)20-17(23)19-10-14-4-6-21(7-5-14)13(3)22/h8-9,14H,4-7,10H2,1-3H3,(H2,19,20,23). The Bertz CT molecular complexity index is 572. The van der Waals surface area contributed by atoms with Crippen molar-refractivity contribution in [1.82, 2.24) is 10.2 Å². The molecule has 1 fully saturated rings. The van der Waals surface area contributed by atoms with Crippen LogP contribution in [0.4, 0.5) is 10.5 Å². The smallest absolute Gasteiger partial charge is 0.319 e. The van der Waals surface area contributed by atoms with E-state index in [2.05, 4.69) is 10.6 Å². The summed E-state index contributed by atoms with van der Waals surface area (Å²) >= 11 is 6.13. The van der Waals surface area contributed by atoms with Gasteiger partial charge in [0, 0.05) is 37.3 Å². The molecule has 5 nitrogen and oxygen atoms in total. The van der Waals surface area contributed by atoms with Crippen LogP contribution in [0.2, 0.25) is 5.02 Å². The number of aryl methyl sites for hydroxylation is 2. The van der Waals surface area contributed by atoms with Gasteiger partial charge in [0.25, 0.3) is 0 Å². The molecule has 1 saturated heterocycles. The summed E-state index contributed by atoms with van der Waals surface area (Å²) in [5.74, 6) is 0.549. The second-order valence-electron chi connectivity index (χ2n) is 6.21. The minimum absolute atomic E-state index is 0.127. The maximum absolute atomic E-state index is 12.0. The molecule has 1 aromatic rings. The maximum Gasteiger partial charge on any atom is 0.319 e. The molecular formula is C17H24ClN3O2. The number of anilines is 1. The number of nitrogens with zero attached hydrogens (tertiary/aromatic N) is 1. The highest BCUT2D eigenvalue weighted by molar-refractivity contribution is 6.32. The average molecular weight is 338 g/mol. The largest absolute Gasteiger partial charge is 0.343 e. The van der Waals surface area contributed by atoms with Gasteiger partial charge in [-0.15, -0.1) is 0 Å². The first-order valence-electron chi connectivity index (χ1n) is 7.94. The van der Waals surface area contributed by atoms with E-state index >= 15 is 0 Å². The lowest BCUT2D eigenvalue weighted by molar-refractivity contribution is -0.130. The molecule has 0 radical (unpaired) electrons. The van der Waals surface area contributed by atoms with Crippen LogP contribution in [0.1, 0.15) is 30.9 Å². The normalized spacial score (nSPS) is 15.4. The fourth-order valence-electron chi connectivity index (χ4n) is 2.88. The van der Waals surface area contributed by atoms with Crippen molar-refractivity contribution in [2.45, 2.75) is 33.6 Å². The van der Waals surface area contributed by atoms with Gasteiger partial charge in [-0.1, -0.05) is 11.6 Å². The molecule has 0 unspecified atom stereocenters. The number of hydrogen-bond donors (Lipinski definition) is 2. The van der Waals surface area contributed by atoms with Gasteiger partial charge in [0.15, 0.2) is 0 Å². The van der Waals surface area contributed by atoms with Crippen molar-refractivity contribution in [2.24, 2.45) is 5.92 Å². The monoisotopic (exact) mass is 337 g/mol. The maximum atomic E-state index is 12.0. The van der Waals surface area contributed by atoms with Gasteiger partial charge in [0.1, 0.15) is 0 Å². The zero-order valence-corrected chi connectivity index (χ0v) is 14.7. The third-order valence-corrected chi connectivity index (χ3v) is 4.90. The van der Waals surface area contributed by atoms with Gasteiger partial charge < -0.3 is 15.5 Å². The predicted molar refractivity (Wildman–Crippen MR) is 92.9 cm³/mol. The van der Waals surface area contributed by atoms with E-state index in [-0.39, 0.29) is 11.9 Å². The summed E-state index contributed by atoms with van der Waals surface area (Å²) in [5.41, 5.74) is 2.63. The van der Waals surface area contributed by atoms with Crippen LogP contribution in [0.3, 0.4) is 0 Å². The van der Waals surface area contributed by atoms with Crippen molar-refractivity contribution < 1.29 is 9.59 Å². The highest BCUT2D eigenvalue weighted by Gasteiger charge is 2.21. The summed E-state index contributed by atoms with van der Waals surface area (Å²) < 4.78 is 0. The molecule has 2 rings (SSSR count). The predicted octanol–water partition coefficient (Wildman–Crippen LogP) is 3.34. The minimum Gasteiger partial charge on any atom is -0.343 e. The molecule has 0 atom stereocenters. The molecule has 1 aromatic carbocycles. The molecule has 2 N–H and O–H groups in total. The molecule has 3 amide bonds. The van der Waals surface area contributed by atoms with Crippen LogP contribution in [0.5, 0.6) is 0 Å². The number of piperidine rings is 1. The van der Waals surface area contributed by atoms with Crippen molar-refractivity contribution in [1.29, 1.82) is 0 Å². The zero-order chi connectivity index (χ0) is 17.0. The number of halogens is 1. The lowest BCUT2D eigenvalue weighted by Gasteiger charge is -2.31. The van der Waals surface area contributed by atoms with Gasteiger partial charge in [-0.3, -0.25) is 4.79 Å². The van der Waals surface area contributed by atoms with E-state index < -0.39 is 0 Å². The molecule has 126 valence electrons. The van der Waals surface area contributed by atoms with Gasteiger partial charge >= 0.3 is 6.03 Å². The van der Waals surface area contributed by atoms with Crippen molar-refractivity contribution in [3.05, 3.63) is 28.3 Å². The van der Waals surface area contributed by atoms with E-state index in [1.807, 2.05) is 30.9 Å². The number of likely N-dealkylation sites (tertiary alicyclic amines) is 1. The number of carbonyl (C=O) groups is 2. The topological polar surface area (TPSA) is 61.4 Å². The summed E-state index contributed by atoms with van der Waals surface area (Å²) in [6, 6.07) is 3.51. The zero-order valence-electron chi connectivity index (χ0n) is 13.9. The Balaban J connectivity index is 1.79. The third kappa shape index (κ3) is 4.86. The van der Waals surface area contributed by atoms with Crippen molar-refractivity contribution in [3.63, 3.8) is 0 Å². The number of nitrogens with one attached hydrogen (secondary N) is 2. The lowest BCUT2D eigenvalue weighted by Crippen LogP contribution is -2.41. The molecule has 0 saturated carbocycles. The lowest BCUT2D eigenvalue weighted by atomic mass is 9.97. The summed E-state index contributed by atoms with van der Waals surface area (Å²) in [5, 5.41) is 6.49. The molecule has 1 heterocycles. The molecule has 0 spiro atoms. The van der Waals surface area contributed by atoms with Crippen LogP contribution in [-0.2, 0) is 4.79 Å². The van der Waals surface area contributed by atoms with Gasteiger partial charge in [-0.2, -0.15) is 0 Å². The van der Waals surface area contributed by atoms with Crippen LogP contribution < -0.4 is 10.6 Å². The summed E-state index contributed by atoms with van der Waals surface area (Å²) in [4.78, 5) is 25.2. The number of urea groups is 1. The Labute approximate surface area is 142 Å². The van der Waals surface area contributed by atoms with Crippen LogP contribution in [0.15, 0.2) is 12.1 Å². The SMILES string of the molecule is CC(=O)N1CCC(CNC(=O)Nc2cc(C)c(Cl)c(C)c2)CC1. The fraction of sp³-hybridized carbons (Fsp3) is 0.529. The minimum atomic E-state index is -0.208. The van der Waals surface area contributed by atoms with E-state index in [1.165, 1.54) is 0 Å². The highest BCUT2D eigenvalue weighted by atomic mass is 35.5. The first-order valence-corrected chi connectivity index (χ1v) is 8.31. The van der Waals surface area contributed by atoms with E-state index in [0.29, 0.717) is 12.5 Å². The van der Waals surface area contributed by atoms with Crippen molar-refractivity contribution in [3.8, 4) is 0 Å². The number of amides is 3. The summed E-state index contributed by atoms with van der Waals surface area (Å²) in [7, 11) is 0. The Morgan fingerprint density at radius 2 is 1.78 bits per heavy atom. The molecule has 1 aliphatic heterocycles. The van der Waals surface area contributed by atoms with Crippen molar-refractivity contribution >= 4 is 29.2 Å². The Hall–Kier alpha value is -1.75. The van der Waals surface area contributed by atoms with E-state index in [1.54, 1.807) is 6.92 Å². The van der Waals surface area contributed by atoms with Gasteiger partial charge in [0.2, 0.25) is 5.91 Å². The molecule has 0 aliphatic carbocycles. The fourth-order valence-corrected chi connectivity index (χ4v) is 2.99. The van der Waals surface area contributed by atoms with E-state index in [4.69, 9.17) is 11.6 Å². The quantitative estimate of drug-likeness (QED) is 0.888. The first-order chi connectivity index (χ1) is 10.9. The van der Waals surface area contributed by atoms with Gasteiger partial charge in [-0.05, 0) is 55.9 Å². The molecule has 6 heteroatoms.